The number of nitro benzene ring substituents is 1. The summed E-state index contributed by atoms with van der Waals surface area (Å²) in [5.41, 5.74) is 7.83. The summed E-state index contributed by atoms with van der Waals surface area (Å²) < 4.78 is 0. The number of aryl methyl sites for hydroxylation is 1. The van der Waals surface area contributed by atoms with E-state index >= 15 is 0 Å². The number of likely N-dealkylation sites (tertiary alicyclic amines) is 1. The zero-order chi connectivity index (χ0) is 15.6. The molecule has 3 atom stereocenters. The van der Waals surface area contributed by atoms with Crippen molar-refractivity contribution < 1.29 is 4.92 Å². The molecule has 0 saturated carbocycles. The minimum absolute atomic E-state index is 0.158. The summed E-state index contributed by atoms with van der Waals surface area (Å²) in [6, 6.07) is 6.08. The molecule has 1 fully saturated rings. The van der Waals surface area contributed by atoms with Gasteiger partial charge in [-0.05, 0) is 44.7 Å². The summed E-state index contributed by atoms with van der Waals surface area (Å²) >= 11 is 0. The predicted molar refractivity (Wildman–Crippen MR) is 84.2 cm³/mol. The zero-order valence-electron chi connectivity index (χ0n) is 13.1. The van der Waals surface area contributed by atoms with Gasteiger partial charge in [0.15, 0.2) is 0 Å². The van der Waals surface area contributed by atoms with Crippen molar-refractivity contribution in [3.05, 3.63) is 39.4 Å². The Hall–Kier alpha value is -1.46. The fourth-order valence-electron chi connectivity index (χ4n) is 3.29. The molecule has 0 bridgehead atoms. The molecular weight excluding hydrogens is 266 g/mol. The van der Waals surface area contributed by atoms with E-state index in [-0.39, 0.29) is 16.7 Å². The molecule has 0 spiro atoms. The number of hydrogen-bond donors (Lipinski definition) is 1. The van der Waals surface area contributed by atoms with E-state index in [9.17, 15) is 10.1 Å². The van der Waals surface area contributed by atoms with Gasteiger partial charge in [-0.1, -0.05) is 19.1 Å². The minimum atomic E-state index is -0.301. The Morgan fingerprint density at radius 1 is 1.52 bits per heavy atom. The third-order valence-electron chi connectivity index (χ3n) is 4.71. The van der Waals surface area contributed by atoms with Crippen molar-refractivity contribution >= 4 is 5.69 Å². The summed E-state index contributed by atoms with van der Waals surface area (Å²) in [6.07, 6.45) is 2.27. The van der Waals surface area contributed by atoms with Gasteiger partial charge in [-0.15, -0.1) is 0 Å². The zero-order valence-corrected chi connectivity index (χ0v) is 13.1. The van der Waals surface area contributed by atoms with E-state index in [1.165, 1.54) is 0 Å². The van der Waals surface area contributed by atoms with Crippen LogP contribution in [-0.4, -0.2) is 29.0 Å². The maximum Gasteiger partial charge on any atom is 0.272 e. The third kappa shape index (κ3) is 3.41. The quantitative estimate of drug-likeness (QED) is 0.683. The fraction of sp³-hybridized carbons (Fsp3) is 0.625. The minimum Gasteiger partial charge on any atom is -0.329 e. The normalized spacial score (nSPS) is 24.8. The van der Waals surface area contributed by atoms with Gasteiger partial charge >= 0.3 is 0 Å². The van der Waals surface area contributed by atoms with E-state index in [0.29, 0.717) is 24.1 Å². The molecule has 3 unspecified atom stereocenters. The average molecular weight is 291 g/mol. The van der Waals surface area contributed by atoms with Gasteiger partial charge in [0.2, 0.25) is 0 Å². The molecule has 116 valence electrons. The molecule has 5 heteroatoms. The maximum atomic E-state index is 11.1. The number of nitrogens with two attached hydrogens (primary N) is 1. The Balaban J connectivity index is 2.24. The molecule has 2 N–H and O–H groups in total. The number of nitrogens with zero attached hydrogens (tertiary/aromatic N) is 2. The molecule has 0 amide bonds. The first-order valence-corrected chi connectivity index (χ1v) is 7.64. The molecule has 1 aromatic rings. The van der Waals surface area contributed by atoms with Gasteiger partial charge in [0.1, 0.15) is 0 Å². The first-order valence-electron chi connectivity index (χ1n) is 7.64. The van der Waals surface area contributed by atoms with Crippen LogP contribution in [0.25, 0.3) is 0 Å². The first-order chi connectivity index (χ1) is 9.93. The first kappa shape index (κ1) is 15.9. The lowest BCUT2D eigenvalue weighted by atomic mass is 9.90. The van der Waals surface area contributed by atoms with E-state index in [1.807, 2.05) is 12.1 Å². The molecule has 1 aliphatic rings. The van der Waals surface area contributed by atoms with E-state index in [2.05, 4.69) is 18.7 Å². The van der Waals surface area contributed by atoms with E-state index in [1.54, 1.807) is 13.0 Å². The van der Waals surface area contributed by atoms with Crippen LogP contribution in [0.1, 0.15) is 43.9 Å². The summed E-state index contributed by atoms with van der Waals surface area (Å²) in [4.78, 5) is 13.2. The second kappa shape index (κ2) is 6.54. The Morgan fingerprint density at radius 2 is 2.24 bits per heavy atom. The highest BCUT2D eigenvalue weighted by molar-refractivity contribution is 5.43. The largest absolute Gasteiger partial charge is 0.329 e. The molecule has 1 heterocycles. The van der Waals surface area contributed by atoms with Crippen molar-refractivity contribution in [2.24, 2.45) is 11.7 Å². The fourth-order valence-corrected chi connectivity index (χ4v) is 3.29. The molecule has 0 aromatic heterocycles. The van der Waals surface area contributed by atoms with Crippen LogP contribution in [0.15, 0.2) is 18.2 Å². The predicted octanol–water partition coefficient (Wildman–Crippen LogP) is 3.02. The number of hydrogen-bond acceptors (Lipinski definition) is 4. The standard InChI is InChI=1S/C16H25N3O2/c1-11-6-7-18(15(8-11)10-17)13(3)14-5-4-12(2)16(9-14)19(20)21/h4-5,9,11,13,15H,6-8,10,17H2,1-3H3. The smallest absolute Gasteiger partial charge is 0.272 e. The van der Waals surface area contributed by atoms with Gasteiger partial charge < -0.3 is 5.73 Å². The highest BCUT2D eigenvalue weighted by Crippen LogP contribution is 2.32. The molecule has 21 heavy (non-hydrogen) atoms. The molecule has 0 aliphatic carbocycles. The van der Waals surface area contributed by atoms with Crippen LogP contribution in [0, 0.1) is 23.0 Å². The number of piperidine rings is 1. The summed E-state index contributed by atoms with van der Waals surface area (Å²) in [5, 5.41) is 11.1. The number of benzene rings is 1. The second-order valence-corrected chi connectivity index (χ2v) is 6.24. The lowest BCUT2D eigenvalue weighted by Crippen LogP contribution is -2.47. The van der Waals surface area contributed by atoms with Crippen LogP contribution < -0.4 is 5.73 Å². The van der Waals surface area contributed by atoms with Crippen LogP contribution in [0.3, 0.4) is 0 Å². The van der Waals surface area contributed by atoms with Crippen molar-refractivity contribution in [3.63, 3.8) is 0 Å². The van der Waals surface area contributed by atoms with Crippen LogP contribution in [0.4, 0.5) is 5.69 Å². The number of rotatable bonds is 4. The van der Waals surface area contributed by atoms with Crippen molar-refractivity contribution in [2.75, 3.05) is 13.1 Å². The molecule has 1 aromatic carbocycles. The van der Waals surface area contributed by atoms with Gasteiger partial charge in [0.05, 0.1) is 4.92 Å². The van der Waals surface area contributed by atoms with Crippen LogP contribution in [0.2, 0.25) is 0 Å². The Morgan fingerprint density at radius 3 is 2.86 bits per heavy atom. The Bertz CT molecular complexity index is 518. The maximum absolute atomic E-state index is 11.1. The number of nitro groups is 1. The molecule has 5 nitrogen and oxygen atoms in total. The molecule has 0 radical (unpaired) electrons. The van der Waals surface area contributed by atoms with E-state index in [0.717, 1.165) is 24.9 Å². The topological polar surface area (TPSA) is 72.4 Å². The van der Waals surface area contributed by atoms with Crippen LogP contribution in [-0.2, 0) is 0 Å². The Kier molecular flexibility index (Phi) is 4.96. The van der Waals surface area contributed by atoms with Crippen molar-refractivity contribution in [3.8, 4) is 0 Å². The lowest BCUT2D eigenvalue weighted by molar-refractivity contribution is -0.385. The molecule has 1 saturated heterocycles. The van der Waals surface area contributed by atoms with Gasteiger partial charge in [0, 0.05) is 30.3 Å². The van der Waals surface area contributed by atoms with Crippen molar-refractivity contribution in [1.29, 1.82) is 0 Å². The van der Waals surface area contributed by atoms with Gasteiger partial charge in [-0.25, -0.2) is 0 Å². The monoisotopic (exact) mass is 291 g/mol. The van der Waals surface area contributed by atoms with Crippen LogP contribution in [0.5, 0.6) is 0 Å². The summed E-state index contributed by atoms with van der Waals surface area (Å²) in [7, 11) is 0. The van der Waals surface area contributed by atoms with Gasteiger partial charge in [0.25, 0.3) is 5.69 Å². The second-order valence-electron chi connectivity index (χ2n) is 6.24. The van der Waals surface area contributed by atoms with Crippen LogP contribution >= 0.6 is 0 Å². The van der Waals surface area contributed by atoms with Crippen molar-refractivity contribution in [2.45, 2.75) is 45.7 Å². The van der Waals surface area contributed by atoms with Crippen molar-refractivity contribution in [1.82, 2.24) is 4.90 Å². The highest BCUT2D eigenvalue weighted by atomic mass is 16.6. The van der Waals surface area contributed by atoms with Gasteiger partial charge in [-0.2, -0.15) is 0 Å². The highest BCUT2D eigenvalue weighted by Gasteiger charge is 2.30. The SMILES string of the molecule is Cc1ccc(C(C)N2CCC(C)CC2CN)cc1[N+](=O)[O-]. The summed E-state index contributed by atoms with van der Waals surface area (Å²) in [6.45, 7) is 7.81. The van der Waals surface area contributed by atoms with Gasteiger partial charge in [-0.3, -0.25) is 15.0 Å². The summed E-state index contributed by atoms with van der Waals surface area (Å²) in [5.74, 6) is 0.703. The average Bonchev–Trinajstić information content (AvgIpc) is 2.46. The molecule has 1 aliphatic heterocycles. The molecular formula is C16H25N3O2. The Labute approximate surface area is 126 Å². The third-order valence-corrected chi connectivity index (χ3v) is 4.71. The molecule has 2 rings (SSSR count). The lowest BCUT2D eigenvalue weighted by Gasteiger charge is -2.41. The van der Waals surface area contributed by atoms with E-state index < -0.39 is 0 Å². The van der Waals surface area contributed by atoms with E-state index in [4.69, 9.17) is 5.73 Å².